The van der Waals surface area contributed by atoms with Gasteiger partial charge in [-0.15, -0.1) is 0 Å². The molecule has 1 aromatic carbocycles. The molecule has 1 aromatic heterocycles. The van der Waals surface area contributed by atoms with E-state index in [4.69, 9.17) is 11.1 Å². The van der Waals surface area contributed by atoms with Gasteiger partial charge >= 0.3 is 6.61 Å². The topological polar surface area (TPSA) is 87.6 Å². The van der Waals surface area contributed by atoms with Gasteiger partial charge in [0.25, 0.3) is 0 Å². The van der Waals surface area contributed by atoms with E-state index < -0.39 is 18.6 Å². The summed E-state index contributed by atoms with van der Waals surface area (Å²) in [5.41, 5.74) is 6.74. The minimum atomic E-state index is -2.94. The summed E-state index contributed by atoms with van der Waals surface area (Å²) in [6.07, 6.45) is 3.33. The fourth-order valence-corrected chi connectivity index (χ4v) is 3.12. The van der Waals surface area contributed by atoms with Gasteiger partial charge in [-0.2, -0.15) is 8.78 Å². The van der Waals surface area contributed by atoms with Crippen LogP contribution in [0.4, 0.5) is 29.1 Å². The number of amidine groups is 1. The van der Waals surface area contributed by atoms with Crippen LogP contribution in [0.1, 0.15) is 32.3 Å². The average molecular weight is 465 g/mol. The van der Waals surface area contributed by atoms with Crippen LogP contribution in [0.25, 0.3) is 5.57 Å². The van der Waals surface area contributed by atoms with Gasteiger partial charge in [0.05, 0.1) is 6.20 Å². The molecule has 0 aliphatic carbocycles. The molecule has 0 radical (unpaired) electrons. The number of aliphatic imine (C=N–C) groups is 1. The van der Waals surface area contributed by atoms with Gasteiger partial charge in [0.1, 0.15) is 29.3 Å². The highest BCUT2D eigenvalue weighted by Crippen LogP contribution is 2.26. The van der Waals surface area contributed by atoms with E-state index in [2.05, 4.69) is 14.7 Å². The summed E-state index contributed by atoms with van der Waals surface area (Å²) in [6.45, 7) is 2.01. The number of hydrogen-bond acceptors (Lipinski definition) is 5. The Morgan fingerprint density at radius 1 is 1.24 bits per heavy atom. The van der Waals surface area contributed by atoms with Crippen molar-refractivity contribution in [3.63, 3.8) is 0 Å². The normalized spacial score (nSPS) is 15.2. The highest BCUT2D eigenvalue weighted by atomic mass is 19.3. The number of halogens is 4. The van der Waals surface area contributed by atoms with Crippen LogP contribution >= 0.6 is 0 Å². The first-order valence-corrected chi connectivity index (χ1v) is 10.5. The number of piperidine rings is 1. The number of aromatic nitrogens is 1. The molecule has 3 N–H and O–H groups in total. The van der Waals surface area contributed by atoms with E-state index in [1.165, 1.54) is 36.4 Å². The van der Waals surface area contributed by atoms with Crippen molar-refractivity contribution in [3.8, 4) is 5.75 Å². The smallest absolute Gasteiger partial charge is 0.387 e. The Hall–Kier alpha value is -3.43. The zero-order valence-corrected chi connectivity index (χ0v) is 18.4. The Morgan fingerprint density at radius 3 is 2.45 bits per heavy atom. The largest absolute Gasteiger partial charge is 0.435 e. The molecule has 1 aliphatic heterocycles. The summed E-state index contributed by atoms with van der Waals surface area (Å²) < 4.78 is 56.4. The predicted octanol–water partition coefficient (Wildman–Crippen LogP) is 5.51. The molecular weight excluding hydrogens is 438 g/mol. The minimum absolute atomic E-state index is 0.0205. The molecule has 0 bridgehead atoms. The number of nitrogens with one attached hydrogen (secondary N) is 1. The van der Waals surface area contributed by atoms with E-state index in [0.29, 0.717) is 42.9 Å². The molecule has 2 aromatic rings. The second kappa shape index (κ2) is 12.6. The van der Waals surface area contributed by atoms with E-state index in [0.717, 1.165) is 12.4 Å². The Bertz CT molecular complexity index is 971. The van der Waals surface area contributed by atoms with Crippen LogP contribution in [0.2, 0.25) is 0 Å². The molecule has 2 heterocycles. The van der Waals surface area contributed by atoms with Gasteiger partial charge in [0.15, 0.2) is 5.82 Å². The third-order valence-electron chi connectivity index (χ3n) is 4.69. The fourth-order valence-electron chi connectivity index (χ4n) is 3.12. The Kier molecular flexibility index (Phi) is 9.84. The van der Waals surface area contributed by atoms with Crippen molar-refractivity contribution in [1.29, 1.82) is 5.41 Å². The zero-order chi connectivity index (χ0) is 24.4. The first-order chi connectivity index (χ1) is 15.9. The Morgan fingerprint density at radius 2 is 1.88 bits per heavy atom. The van der Waals surface area contributed by atoms with E-state index in [1.807, 2.05) is 18.7 Å². The second-order valence-electron chi connectivity index (χ2n) is 6.84. The third-order valence-corrected chi connectivity index (χ3v) is 4.69. The van der Waals surface area contributed by atoms with Gasteiger partial charge in [0.2, 0.25) is 0 Å². The number of benzene rings is 1. The monoisotopic (exact) mass is 465 g/mol. The average Bonchev–Trinajstić information content (AvgIpc) is 2.81. The highest BCUT2D eigenvalue weighted by Gasteiger charge is 2.20. The van der Waals surface area contributed by atoms with Gasteiger partial charge in [-0.3, -0.25) is 0 Å². The Labute approximate surface area is 190 Å². The molecule has 1 aliphatic rings. The Balaban J connectivity index is 0.00000187. The van der Waals surface area contributed by atoms with Gasteiger partial charge in [-0.1, -0.05) is 26.0 Å². The molecule has 0 amide bonds. The van der Waals surface area contributed by atoms with Crippen molar-refractivity contribution >= 4 is 29.1 Å². The first kappa shape index (κ1) is 25.8. The van der Waals surface area contributed by atoms with Crippen LogP contribution in [-0.4, -0.2) is 42.9 Å². The molecule has 10 heteroatoms. The SMILES string of the molecule is CC.N=C/C(=C\C(N)=Nc1cc(N2CCC(F)CC2)ncc1F)c1ccc(OC(F)F)cc1. The van der Waals surface area contributed by atoms with Crippen molar-refractivity contribution in [3.05, 3.63) is 54.0 Å². The maximum absolute atomic E-state index is 14.2. The molecule has 0 unspecified atom stereocenters. The van der Waals surface area contributed by atoms with Crippen molar-refractivity contribution < 1.29 is 22.3 Å². The summed E-state index contributed by atoms with van der Waals surface area (Å²) in [6, 6.07) is 7.08. The number of nitrogens with two attached hydrogens (primary N) is 1. The zero-order valence-electron chi connectivity index (χ0n) is 18.4. The van der Waals surface area contributed by atoms with Gasteiger partial charge in [-0.05, 0) is 36.6 Å². The molecular formula is C23H27F4N5O. The number of pyridine rings is 1. The molecule has 6 nitrogen and oxygen atoms in total. The van der Waals surface area contributed by atoms with Gasteiger partial charge in [0, 0.05) is 30.9 Å². The van der Waals surface area contributed by atoms with Crippen molar-refractivity contribution in [1.82, 2.24) is 4.98 Å². The number of allylic oxidation sites excluding steroid dienone is 1. The number of hydrogen-bond donors (Lipinski definition) is 2. The van der Waals surface area contributed by atoms with Gasteiger partial charge < -0.3 is 20.8 Å². The molecule has 1 fully saturated rings. The van der Waals surface area contributed by atoms with E-state index in [-0.39, 0.29) is 17.3 Å². The molecule has 1 saturated heterocycles. The number of ether oxygens (including phenoxy) is 1. The molecule has 0 spiro atoms. The molecule has 33 heavy (non-hydrogen) atoms. The number of anilines is 1. The highest BCUT2D eigenvalue weighted by molar-refractivity contribution is 6.16. The summed E-state index contributed by atoms with van der Waals surface area (Å²) in [5.74, 6) is -0.283. The quantitative estimate of drug-likeness (QED) is 0.321. The summed E-state index contributed by atoms with van der Waals surface area (Å²) in [7, 11) is 0. The van der Waals surface area contributed by atoms with E-state index >= 15 is 0 Å². The summed E-state index contributed by atoms with van der Waals surface area (Å²) in [4.78, 5) is 9.98. The summed E-state index contributed by atoms with van der Waals surface area (Å²) in [5, 5.41) is 7.59. The first-order valence-electron chi connectivity index (χ1n) is 10.5. The molecule has 178 valence electrons. The number of rotatable bonds is 7. The van der Waals surface area contributed by atoms with Crippen LogP contribution in [0.15, 0.2) is 47.6 Å². The molecule has 0 saturated carbocycles. The van der Waals surface area contributed by atoms with Crippen LogP contribution in [0.5, 0.6) is 5.75 Å². The number of nitrogens with zero attached hydrogens (tertiary/aromatic N) is 3. The van der Waals surface area contributed by atoms with Crippen LogP contribution < -0.4 is 15.4 Å². The maximum atomic E-state index is 14.2. The lowest BCUT2D eigenvalue weighted by Gasteiger charge is -2.29. The van der Waals surface area contributed by atoms with Crippen molar-refractivity contribution in [2.24, 2.45) is 10.7 Å². The molecule has 3 rings (SSSR count). The minimum Gasteiger partial charge on any atom is -0.435 e. The second-order valence-corrected chi connectivity index (χ2v) is 6.84. The lowest BCUT2D eigenvalue weighted by atomic mass is 10.1. The van der Waals surface area contributed by atoms with Crippen molar-refractivity contribution in [2.45, 2.75) is 39.5 Å². The van der Waals surface area contributed by atoms with E-state index in [1.54, 1.807) is 0 Å². The lowest BCUT2D eigenvalue weighted by Crippen LogP contribution is -2.34. The fraction of sp³-hybridized carbons (Fsp3) is 0.348. The number of alkyl halides is 3. The summed E-state index contributed by atoms with van der Waals surface area (Å²) >= 11 is 0. The third kappa shape index (κ3) is 7.58. The standard InChI is InChI=1S/C21H21F4N5O.C2H6/c22-15-5-7-30(8-6-15)20-10-18(17(23)12-28-20)29-19(27)9-14(11-26)13-1-3-16(4-2-13)31-21(24)25;1-2/h1-4,9-12,15,21,26H,5-8H2,(H2,27,28,29);1-2H3/b14-9+,26-11?;. The van der Waals surface area contributed by atoms with E-state index in [9.17, 15) is 17.6 Å². The van der Waals surface area contributed by atoms with Crippen LogP contribution in [0, 0.1) is 11.2 Å². The van der Waals surface area contributed by atoms with Gasteiger partial charge in [-0.25, -0.2) is 18.8 Å². The van der Waals surface area contributed by atoms with Crippen LogP contribution in [-0.2, 0) is 0 Å². The van der Waals surface area contributed by atoms with Crippen molar-refractivity contribution in [2.75, 3.05) is 18.0 Å². The lowest BCUT2D eigenvalue weighted by molar-refractivity contribution is -0.0498. The van der Waals surface area contributed by atoms with Crippen LogP contribution in [0.3, 0.4) is 0 Å². The maximum Gasteiger partial charge on any atom is 0.387 e. The molecule has 0 atom stereocenters. The predicted molar refractivity (Wildman–Crippen MR) is 123 cm³/mol.